The Labute approximate surface area is 130 Å². The summed E-state index contributed by atoms with van der Waals surface area (Å²) in [4.78, 5) is 11.9. The molecule has 1 aliphatic rings. The summed E-state index contributed by atoms with van der Waals surface area (Å²) < 4.78 is 5.49. The minimum absolute atomic E-state index is 0.0898. The van der Waals surface area contributed by atoms with Gasteiger partial charge in [0.25, 0.3) is 0 Å². The fourth-order valence-corrected chi connectivity index (χ4v) is 2.74. The van der Waals surface area contributed by atoms with Crippen molar-refractivity contribution in [3.05, 3.63) is 29.3 Å². The van der Waals surface area contributed by atoms with E-state index < -0.39 is 6.10 Å². The number of aliphatic hydroxyl groups excluding tert-OH is 1. The van der Waals surface area contributed by atoms with Crippen molar-refractivity contribution in [1.29, 1.82) is 0 Å². The molecule has 1 saturated carbocycles. The normalized spacial score (nSPS) is 22.4. The number of amides is 1. The van der Waals surface area contributed by atoms with E-state index in [9.17, 15) is 9.90 Å². The van der Waals surface area contributed by atoms with Crippen LogP contribution in [0.1, 0.15) is 38.5 Å². The van der Waals surface area contributed by atoms with Gasteiger partial charge < -0.3 is 15.2 Å². The standard InChI is InChI=1S/C16H22ClNO3/c17-12-6-4-5-9-15(12)21-11-10-16(20)18-13-7-2-1-3-8-14(13)19/h4-6,9,13-14,19H,1-3,7-8,10-11H2,(H,18,20). The molecule has 1 amide bonds. The number of benzene rings is 1. The van der Waals surface area contributed by atoms with Gasteiger partial charge in [-0.3, -0.25) is 4.79 Å². The van der Waals surface area contributed by atoms with Gasteiger partial charge in [-0.05, 0) is 25.0 Å². The Balaban J connectivity index is 1.73. The molecule has 1 aromatic rings. The van der Waals surface area contributed by atoms with Crippen molar-refractivity contribution in [1.82, 2.24) is 5.32 Å². The second-order valence-electron chi connectivity index (χ2n) is 5.41. The zero-order chi connectivity index (χ0) is 15.1. The average Bonchev–Trinajstić information content (AvgIpc) is 2.66. The quantitative estimate of drug-likeness (QED) is 0.822. The van der Waals surface area contributed by atoms with Gasteiger partial charge in [0.2, 0.25) is 5.91 Å². The number of aliphatic hydroxyl groups is 1. The van der Waals surface area contributed by atoms with Crippen molar-refractivity contribution in [3.63, 3.8) is 0 Å². The van der Waals surface area contributed by atoms with Crippen molar-refractivity contribution in [2.45, 2.75) is 50.7 Å². The fourth-order valence-electron chi connectivity index (χ4n) is 2.55. The number of hydrogen-bond acceptors (Lipinski definition) is 3. The first-order valence-electron chi connectivity index (χ1n) is 7.51. The van der Waals surface area contributed by atoms with Gasteiger partial charge in [-0.25, -0.2) is 0 Å². The van der Waals surface area contributed by atoms with Crippen LogP contribution in [-0.4, -0.2) is 29.8 Å². The van der Waals surface area contributed by atoms with Crippen molar-refractivity contribution in [2.75, 3.05) is 6.61 Å². The number of nitrogens with one attached hydrogen (secondary N) is 1. The van der Waals surface area contributed by atoms with E-state index in [1.54, 1.807) is 12.1 Å². The lowest BCUT2D eigenvalue weighted by Gasteiger charge is -2.21. The summed E-state index contributed by atoms with van der Waals surface area (Å²) in [5.74, 6) is 0.495. The van der Waals surface area contributed by atoms with Crippen LogP contribution in [0.5, 0.6) is 5.75 Å². The summed E-state index contributed by atoms with van der Waals surface area (Å²) in [6.07, 6.45) is 4.65. The number of halogens is 1. The Morgan fingerprint density at radius 3 is 2.86 bits per heavy atom. The first kappa shape index (κ1) is 16.1. The predicted molar refractivity (Wildman–Crippen MR) is 82.6 cm³/mol. The van der Waals surface area contributed by atoms with E-state index in [2.05, 4.69) is 5.32 Å². The summed E-state index contributed by atoms with van der Waals surface area (Å²) in [6.45, 7) is 0.276. The Hall–Kier alpha value is -1.26. The summed E-state index contributed by atoms with van der Waals surface area (Å²) in [5.41, 5.74) is 0. The number of carbonyl (C=O) groups excluding carboxylic acids is 1. The van der Waals surface area contributed by atoms with Crippen LogP contribution in [0.25, 0.3) is 0 Å². The third-order valence-corrected chi connectivity index (χ3v) is 4.06. The monoisotopic (exact) mass is 311 g/mol. The molecule has 5 heteroatoms. The highest BCUT2D eigenvalue weighted by Crippen LogP contribution is 2.23. The topological polar surface area (TPSA) is 58.6 Å². The maximum Gasteiger partial charge on any atom is 0.223 e. The zero-order valence-corrected chi connectivity index (χ0v) is 12.8. The van der Waals surface area contributed by atoms with Crippen LogP contribution in [0.15, 0.2) is 24.3 Å². The van der Waals surface area contributed by atoms with Gasteiger partial charge in [0.1, 0.15) is 5.75 Å². The number of carbonyl (C=O) groups is 1. The van der Waals surface area contributed by atoms with Crippen molar-refractivity contribution >= 4 is 17.5 Å². The Bertz CT molecular complexity index is 467. The van der Waals surface area contributed by atoms with Gasteiger partial charge in [0.15, 0.2) is 0 Å². The van der Waals surface area contributed by atoms with E-state index in [1.807, 2.05) is 12.1 Å². The molecule has 1 fully saturated rings. The lowest BCUT2D eigenvalue weighted by Crippen LogP contribution is -2.43. The molecule has 0 radical (unpaired) electrons. The van der Waals surface area contributed by atoms with E-state index in [1.165, 1.54) is 0 Å². The summed E-state index contributed by atoms with van der Waals surface area (Å²) in [7, 11) is 0. The fraction of sp³-hybridized carbons (Fsp3) is 0.562. The molecule has 21 heavy (non-hydrogen) atoms. The molecule has 2 rings (SSSR count). The molecule has 1 aliphatic carbocycles. The Morgan fingerprint density at radius 1 is 1.29 bits per heavy atom. The third-order valence-electron chi connectivity index (χ3n) is 3.75. The van der Waals surface area contributed by atoms with Gasteiger partial charge in [-0.15, -0.1) is 0 Å². The maximum absolute atomic E-state index is 11.9. The predicted octanol–water partition coefficient (Wildman–Crippen LogP) is 2.92. The molecule has 2 unspecified atom stereocenters. The van der Waals surface area contributed by atoms with Crippen molar-refractivity contribution in [2.24, 2.45) is 0 Å². The summed E-state index contributed by atoms with van der Waals surface area (Å²) in [6, 6.07) is 7.06. The maximum atomic E-state index is 11.9. The van der Waals surface area contributed by atoms with Crippen molar-refractivity contribution in [3.8, 4) is 5.75 Å². The summed E-state index contributed by atoms with van der Waals surface area (Å²) >= 11 is 5.97. The highest BCUT2D eigenvalue weighted by Gasteiger charge is 2.22. The van der Waals surface area contributed by atoms with E-state index in [0.29, 0.717) is 10.8 Å². The smallest absolute Gasteiger partial charge is 0.223 e. The van der Waals surface area contributed by atoms with Gasteiger partial charge >= 0.3 is 0 Å². The molecule has 4 nitrogen and oxygen atoms in total. The van der Waals surface area contributed by atoms with Crippen LogP contribution in [0.3, 0.4) is 0 Å². The second-order valence-corrected chi connectivity index (χ2v) is 5.82. The van der Waals surface area contributed by atoms with Gasteiger partial charge in [0.05, 0.1) is 30.2 Å². The van der Waals surface area contributed by atoms with Crippen LogP contribution in [0, 0.1) is 0 Å². The van der Waals surface area contributed by atoms with Crippen molar-refractivity contribution < 1.29 is 14.6 Å². The molecular weight excluding hydrogens is 290 g/mol. The summed E-state index contributed by atoms with van der Waals surface area (Å²) in [5, 5.41) is 13.4. The molecule has 0 bridgehead atoms. The Kier molecular flexibility index (Phi) is 6.33. The van der Waals surface area contributed by atoms with Gasteiger partial charge in [0, 0.05) is 0 Å². The third kappa shape index (κ3) is 5.21. The first-order chi connectivity index (χ1) is 10.2. The molecule has 0 aliphatic heterocycles. The van der Waals surface area contributed by atoms with E-state index in [4.69, 9.17) is 16.3 Å². The molecule has 2 N–H and O–H groups in total. The molecule has 0 spiro atoms. The largest absolute Gasteiger partial charge is 0.491 e. The molecule has 1 aromatic carbocycles. The van der Waals surface area contributed by atoms with Crippen LogP contribution < -0.4 is 10.1 Å². The Morgan fingerprint density at radius 2 is 2.05 bits per heavy atom. The van der Waals surface area contributed by atoms with Crippen LogP contribution in [0.4, 0.5) is 0 Å². The number of ether oxygens (including phenoxy) is 1. The number of para-hydroxylation sites is 1. The molecule has 116 valence electrons. The van der Waals surface area contributed by atoms with Crippen LogP contribution in [-0.2, 0) is 4.79 Å². The van der Waals surface area contributed by atoms with Crippen LogP contribution >= 0.6 is 11.6 Å². The molecule has 0 heterocycles. The van der Waals surface area contributed by atoms with Crippen LogP contribution in [0.2, 0.25) is 5.02 Å². The molecule has 0 saturated heterocycles. The number of rotatable bonds is 5. The van der Waals surface area contributed by atoms with E-state index in [-0.39, 0.29) is 25.0 Å². The molecular formula is C16H22ClNO3. The minimum atomic E-state index is -0.430. The SMILES string of the molecule is O=C(CCOc1ccccc1Cl)NC1CCCCCC1O. The van der Waals surface area contributed by atoms with E-state index >= 15 is 0 Å². The molecule has 2 atom stereocenters. The molecule has 0 aromatic heterocycles. The lowest BCUT2D eigenvalue weighted by molar-refractivity contribution is -0.123. The first-order valence-corrected chi connectivity index (χ1v) is 7.89. The second kappa shape index (κ2) is 8.25. The van der Waals surface area contributed by atoms with E-state index in [0.717, 1.165) is 32.1 Å². The number of hydrogen-bond donors (Lipinski definition) is 2. The average molecular weight is 312 g/mol. The van der Waals surface area contributed by atoms with Gasteiger partial charge in [-0.1, -0.05) is 43.0 Å². The zero-order valence-electron chi connectivity index (χ0n) is 12.1. The highest BCUT2D eigenvalue weighted by atomic mass is 35.5. The minimum Gasteiger partial charge on any atom is -0.491 e. The highest BCUT2D eigenvalue weighted by molar-refractivity contribution is 6.32. The van der Waals surface area contributed by atoms with Gasteiger partial charge in [-0.2, -0.15) is 0 Å². The lowest BCUT2D eigenvalue weighted by atomic mass is 10.1.